The van der Waals surface area contributed by atoms with Crippen LogP contribution < -0.4 is 5.73 Å². The van der Waals surface area contributed by atoms with Crippen molar-refractivity contribution in [2.24, 2.45) is 5.92 Å². The van der Waals surface area contributed by atoms with Crippen molar-refractivity contribution in [3.63, 3.8) is 0 Å². The third kappa shape index (κ3) is 3.17. The van der Waals surface area contributed by atoms with Gasteiger partial charge in [-0.25, -0.2) is 4.98 Å². The van der Waals surface area contributed by atoms with Crippen LogP contribution in [-0.2, 0) is 6.54 Å². The fraction of sp³-hybridized carbons (Fsp3) is 0.667. The summed E-state index contributed by atoms with van der Waals surface area (Å²) in [5, 5.41) is 0. The maximum absolute atomic E-state index is 5.52. The molecule has 1 saturated carbocycles. The van der Waals surface area contributed by atoms with Gasteiger partial charge in [-0.05, 0) is 18.8 Å². The number of hydrogen-bond donors (Lipinski definition) is 1. The molecule has 4 heteroatoms. The number of hydrogen-bond acceptors (Lipinski definition) is 4. The summed E-state index contributed by atoms with van der Waals surface area (Å²) in [6.45, 7) is 6.54. The predicted octanol–water partition coefficient (Wildman–Crippen LogP) is 1.68. The maximum Gasteiger partial charge on any atom is 0.141 e. The van der Waals surface area contributed by atoms with Crippen LogP contribution in [0.15, 0.2) is 12.4 Å². The van der Waals surface area contributed by atoms with Crippen LogP contribution in [0.4, 0.5) is 5.82 Å². The summed E-state index contributed by atoms with van der Waals surface area (Å²) in [6, 6.07) is 0.766. The number of aromatic nitrogens is 2. The van der Waals surface area contributed by atoms with E-state index >= 15 is 0 Å². The van der Waals surface area contributed by atoms with E-state index in [1.807, 2.05) is 0 Å². The zero-order valence-electron chi connectivity index (χ0n) is 10.1. The van der Waals surface area contributed by atoms with Crippen LogP contribution in [0.3, 0.4) is 0 Å². The van der Waals surface area contributed by atoms with Gasteiger partial charge in [-0.15, -0.1) is 0 Å². The van der Waals surface area contributed by atoms with E-state index in [0.29, 0.717) is 11.7 Å². The van der Waals surface area contributed by atoms with Gasteiger partial charge in [0, 0.05) is 19.1 Å². The molecule has 1 fully saturated rings. The number of nitrogen functional groups attached to an aromatic ring is 1. The topological polar surface area (TPSA) is 55.0 Å². The molecule has 0 saturated heterocycles. The number of anilines is 1. The van der Waals surface area contributed by atoms with E-state index in [9.17, 15) is 0 Å². The van der Waals surface area contributed by atoms with Crippen molar-refractivity contribution in [2.45, 2.75) is 39.3 Å². The number of nitrogens with zero attached hydrogens (tertiary/aromatic N) is 3. The Morgan fingerprint density at radius 3 is 2.62 bits per heavy atom. The van der Waals surface area contributed by atoms with Gasteiger partial charge in [0.1, 0.15) is 5.82 Å². The minimum absolute atomic E-state index is 0.491. The van der Waals surface area contributed by atoms with Crippen LogP contribution in [-0.4, -0.2) is 27.5 Å². The van der Waals surface area contributed by atoms with Crippen molar-refractivity contribution in [3.8, 4) is 0 Å². The van der Waals surface area contributed by atoms with Gasteiger partial charge in [0.2, 0.25) is 0 Å². The van der Waals surface area contributed by atoms with E-state index in [1.165, 1.54) is 12.8 Å². The Bertz CT molecular complexity index is 329. The van der Waals surface area contributed by atoms with Crippen molar-refractivity contribution in [2.75, 3.05) is 12.3 Å². The van der Waals surface area contributed by atoms with Gasteiger partial charge in [0.15, 0.2) is 0 Å². The van der Waals surface area contributed by atoms with Gasteiger partial charge in [0.25, 0.3) is 0 Å². The molecule has 0 atom stereocenters. The van der Waals surface area contributed by atoms with Gasteiger partial charge >= 0.3 is 0 Å². The molecule has 2 N–H and O–H groups in total. The van der Waals surface area contributed by atoms with Crippen molar-refractivity contribution in [1.82, 2.24) is 14.9 Å². The minimum atomic E-state index is 0.491. The Morgan fingerprint density at radius 1 is 1.38 bits per heavy atom. The molecule has 4 nitrogen and oxygen atoms in total. The molecule has 1 aromatic rings. The minimum Gasteiger partial charge on any atom is -0.382 e. The first-order chi connectivity index (χ1) is 7.65. The lowest BCUT2D eigenvalue weighted by Gasteiger charge is -2.23. The van der Waals surface area contributed by atoms with E-state index in [4.69, 9.17) is 5.73 Å². The molecule has 0 bridgehead atoms. The third-order valence-electron chi connectivity index (χ3n) is 2.75. The first-order valence-electron chi connectivity index (χ1n) is 5.95. The van der Waals surface area contributed by atoms with Crippen molar-refractivity contribution >= 4 is 5.82 Å². The lowest BCUT2D eigenvalue weighted by Crippen LogP contribution is -2.29. The Hall–Kier alpha value is -1.16. The van der Waals surface area contributed by atoms with Gasteiger partial charge in [-0.2, -0.15) is 0 Å². The quantitative estimate of drug-likeness (QED) is 0.820. The van der Waals surface area contributed by atoms with Crippen LogP contribution in [0, 0.1) is 5.92 Å². The monoisotopic (exact) mass is 220 g/mol. The molecule has 0 aromatic carbocycles. The van der Waals surface area contributed by atoms with E-state index in [1.54, 1.807) is 12.4 Å². The molecule has 1 heterocycles. The summed E-state index contributed by atoms with van der Waals surface area (Å²) in [7, 11) is 0. The summed E-state index contributed by atoms with van der Waals surface area (Å²) in [4.78, 5) is 10.9. The first-order valence-corrected chi connectivity index (χ1v) is 5.95. The Labute approximate surface area is 96.9 Å². The molecule has 2 rings (SSSR count). The molecule has 0 unspecified atom stereocenters. The van der Waals surface area contributed by atoms with E-state index in [-0.39, 0.29) is 0 Å². The van der Waals surface area contributed by atoms with Crippen LogP contribution >= 0.6 is 0 Å². The molecule has 1 aliphatic carbocycles. The molecule has 88 valence electrons. The highest BCUT2D eigenvalue weighted by Crippen LogP contribution is 2.28. The Balaban J connectivity index is 1.96. The van der Waals surface area contributed by atoms with E-state index in [0.717, 1.165) is 24.8 Å². The highest BCUT2D eigenvalue weighted by molar-refractivity contribution is 5.22. The number of rotatable bonds is 5. The van der Waals surface area contributed by atoms with Crippen molar-refractivity contribution in [1.29, 1.82) is 0 Å². The van der Waals surface area contributed by atoms with Crippen LogP contribution in [0.1, 0.15) is 32.4 Å². The maximum atomic E-state index is 5.52. The Kier molecular flexibility index (Phi) is 3.39. The predicted molar refractivity (Wildman–Crippen MR) is 64.7 cm³/mol. The normalized spacial score (nSPS) is 16.0. The molecular weight excluding hydrogens is 200 g/mol. The molecule has 0 spiro atoms. The number of nitrogens with two attached hydrogens (primary N) is 1. The zero-order chi connectivity index (χ0) is 11.5. The van der Waals surface area contributed by atoms with Crippen LogP contribution in [0.2, 0.25) is 0 Å². The highest BCUT2D eigenvalue weighted by atomic mass is 15.2. The first kappa shape index (κ1) is 11.3. The fourth-order valence-electron chi connectivity index (χ4n) is 1.91. The molecule has 0 aliphatic heterocycles. The SMILES string of the molecule is CC(C)CN(Cc1cnc(N)cn1)C1CC1. The van der Waals surface area contributed by atoms with Gasteiger partial charge in [-0.3, -0.25) is 9.88 Å². The van der Waals surface area contributed by atoms with Gasteiger partial charge < -0.3 is 5.73 Å². The molecule has 16 heavy (non-hydrogen) atoms. The summed E-state index contributed by atoms with van der Waals surface area (Å²) >= 11 is 0. The summed E-state index contributed by atoms with van der Waals surface area (Å²) < 4.78 is 0. The summed E-state index contributed by atoms with van der Waals surface area (Å²) in [5.41, 5.74) is 6.54. The lowest BCUT2D eigenvalue weighted by atomic mass is 10.2. The summed E-state index contributed by atoms with van der Waals surface area (Å²) in [6.07, 6.45) is 6.07. The standard InChI is InChI=1S/C12H20N4/c1-9(2)7-16(11-3-4-11)8-10-5-15-12(13)6-14-10/h5-6,9,11H,3-4,7-8H2,1-2H3,(H2,13,15). The molecule has 0 amide bonds. The average molecular weight is 220 g/mol. The van der Waals surface area contributed by atoms with Crippen LogP contribution in [0.25, 0.3) is 0 Å². The summed E-state index contributed by atoms with van der Waals surface area (Å²) in [5.74, 6) is 1.19. The second kappa shape index (κ2) is 4.78. The Morgan fingerprint density at radius 2 is 2.12 bits per heavy atom. The van der Waals surface area contributed by atoms with E-state index in [2.05, 4.69) is 28.7 Å². The van der Waals surface area contributed by atoms with Crippen molar-refractivity contribution < 1.29 is 0 Å². The van der Waals surface area contributed by atoms with E-state index < -0.39 is 0 Å². The third-order valence-corrected chi connectivity index (χ3v) is 2.75. The van der Waals surface area contributed by atoms with Gasteiger partial charge in [-0.1, -0.05) is 13.8 Å². The molecule has 0 radical (unpaired) electrons. The molecule has 1 aliphatic rings. The smallest absolute Gasteiger partial charge is 0.141 e. The second-order valence-electron chi connectivity index (χ2n) is 4.99. The van der Waals surface area contributed by atoms with Crippen molar-refractivity contribution in [3.05, 3.63) is 18.1 Å². The lowest BCUT2D eigenvalue weighted by molar-refractivity contribution is 0.223. The highest BCUT2D eigenvalue weighted by Gasteiger charge is 2.29. The van der Waals surface area contributed by atoms with Crippen LogP contribution in [0.5, 0.6) is 0 Å². The molecular formula is C12H20N4. The average Bonchev–Trinajstić information content (AvgIpc) is 3.03. The fourth-order valence-corrected chi connectivity index (χ4v) is 1.91. The van der Waals surface area contributed by atoms with Gasteiger partial charge in [0.05, 0.1) is 18.1 Å². The zero-order valence-corrected chi connectivity index (χ0v) is 10.1. The molecule has 1 aromatic heterocycles. The largest absolute Gasteiger partial charge is 0.382 e. The second-order valence-corrected chi connectivity index (χ2v) is 4.99.